The second-order valence-corrected chi connectivity index (χ2v) is 2.93. The minimum absolute atomic E-state index is 0.461. The molecule has 68 valence electrons. The summed E-state index contributed by atoms with van der Waals surface area (Å²) in [6, 6.07) is 0. The standard InChI is InChI=1S/C4H5N3.C3H4N2S/c5-4-3-6-1-2-7-4;4-3-5-1-2-6-3/h1-3H,(H2,5,7);1-2H,(H2,4,5). The molecular formula is C7H9N5S. The van der Waals surface area contributed by atoms with E-state index in [1.165, 1.54) is 17.5 Å². The van der Waals surface area contributed by atoms with E-state index < -0.39 is 0 Å². The van der Waals surface area contributed by atoms with Gasteiger partial charge in [0.25, 0.3) is 0 Å². The average Bonchev–Trinajstić information content (AvgIpc) is 2.58. The van der Waals surface area contributed by atoms with Crippen LogP contribution in [0, 0.1) is 0 Å². The van der Waals surface area contributed by atoms with Crippen molar-refractivity contribution in [3.05, 3.63) is 30.2 Å². The van der Waals surface area contributed by atoms with E-state index in [0.29, 0.717) is 10.9 Å². The van der Waals surface area contributed by atoms with E-state index in [1.54, 1.807) is 18.6 Å². The molecule has 4 N–H and O–H groups in total. The SMILES string of the molecule is Nc1cnccn1.Nc1nccs1. The predicted molar refractivity (Wildman–Crippen MR) is 53.0 cm³/mol. The third-order valence-electron chi connectivity index (χ3n) is 1.03. The zero-order valence-corrected chi connectivity index (χ0v) is 7.61. The molecule has 2 heterocycles. The molecule has 0 saturated carbocycles. The van der Waals surface area contributed by atoms with Gasteiger partial charge in [-0.3, -0.25) is 4.98 Å². The summed E-state index contributed by atoms with van der Waals surface area (Å²) in [6.45, 7) is 0. The molecule has 0 amide bonds. The lowest BCUT2D eigenvalue weighted by Gasteiger charge is -1.82. The molecule has 2 aromatic rings. The first kappa shape index (κ1) is 9.40. The van der Waals surface area contributed by atoms with Gasteiger partial charge in [-0.15, -0.1) is 11.3 Å². The zero-order valence-electron chi connectivity index (χ0n) is 6.79. The largest absolute Gasteiger partial charge is 0.382 e. The fraction of sp³-hybridized carbons (Fsp3) is 0. The molecule has 0 atom stereocenters. The maximum Gasteiger partial charge on any atom is 0.179 e. The van der Waals surface area contributed by atoms with Gasteiger partial charge in [-0.2, -0.15) is 0 Å². The van der Waals surface area contributed by atoms with Gasteiger partial charge in [0.05, 0.1) is 6.20 Å². The van der Waals surface area contributed by atoms with E-state index in [-0.39, 0.29) is 0 Å². The third-order valence-corrected chi connectivity index (χ3v) is 1.64. The number of nitrogens with zero attached hydrogens (tertiary/aromatic N) is 3. The Hall–Kier alpha value is -1.69. The van der Waals surface area contributed by atoms with Crippen molar-refractivity contribution in [1.82, 2.24) is 15.0 Å². The number of anilines is 2. The quantitative estimate of drug-likeness (QED) is 0.648. The summed E-state index contributed by atoms with van der Waals surface area (Å²) >= 11 is 1.44. The fourth-order valence-corrected chi connectivity index (χ4v) is 0.928. The molecule has 0 aliphatic carbocycles. The van der Waals surface area contributed by atoms with Gasteiger partial charge in [0.1, 0.15) is 5.82 Å². The average molecular weight is 195 g/mol. The van der Waals surface area contributed by atoms with E-state index in [2.05, 4.69) is 15.0 Å². The summed E-state index contributed by atoms with van der Waals surface area (Å²) in [7, 11) is 0. The van der Waals surface area contributed by atoms with Crippen LogP contribution in [0.2, 0.25) is 0 Å². The second-order valence-electron chi connectivity index (χ2n) is 2.00. The predicted octanol–water partition coefficient (Wildman–Crippen LogP) is 0.784. The van der Waals surface area contributed by atoms with E-state index >= 15 is 0 Å². The molecule has 5 nitrogen and oxygen atoms in total. The molecule has 2 aromatic heterocycles. The van der Waals surface area contributed by atoms with Crippen LogP contribution in [0.1, 0.15) is 0 Å². The fourth-order valence-electron chi connectivity index (χ4n) is 0.545. The molecule has 0 bridgehead atoms. The summed E-state index contributed by atoms with van der Waals surface area (Å²) in [5, 5.41) is 2.48. The minimum atomic E-state index is 0.461. The third kappa shape index (κ3) is 4.02. The first-order valence-corrected chi connectivity index (χ1v) is 4.33. The Morgan fingerprint density at radius 1 is 1.08 bits per heavy atom. The highest BCUT2D eigenvalue weighted by atomic mass is 32.1. The topological polar surface area (TPSA) is 90.7 Å². The second kappa shape index (κ2) is 5.04. The Kier molecular flexibility index (Phi) is 3.65. The van der Waals surface area contributed by atoms with Crippen LogP contribution < -0.4 is 11.5 Å². The van der Waals surface area contributed by atoms with Crippen molar-refractivity contribution in [3.63, 3.8) is 0 Å². The molecule has 6 heteroatoms. The number of nitrogens with two attached hydrogens (primary N) is 2. The Labute approximate surface area is 79.5 Å². The minimum Gasteiger partial charge on any atom is -0.382 e. The van der Waals surface area contributed by atoms with Crippen molar-refractivity contribution in [2.45, 2.75) is 0 Å². The van der Waals surface area contributed by atoms with Crippen LogP contribution in [-0.4, -0.2) is 15.0 Å². The Morgan fingerprint density at radius 3 is 2.15 bits per heavy atom. The summed E-state index contributed by atoms with van der Waals surface area (Å²) in [4.78, 5) is 11.1. The van der Waals surface area contributed by atoms with Crippen LogP contribution in [0.15, 0.2) is 30.2 Å². The Bertz CT molecular complexity index is 320. The number of thiazole rings is 1. The van der Waals surface area contributed by atoms with E-state index in [4.69, 9.17) is 11.5 Å². The molecule has 2 rings (SSSR count). The lowest BCUT2D eigenvalue weighted by atomic mass is 10.7. The molecule has 0 fully saturated rings. The maximum atomic E-state index is 5.19. The van der Waals surface area contributed by atoms with Crippen molar-refractivity contribution < 1.29 is 0 Å². The van der Waals surface area contributed by atoms with Gasteiger partial charge in [0.15, 0.2) is 5.13 Å². The van der Waals surface area contributed by atoms with Crippen molar-refractivity contribution in [2.24, 2.45) is 0 Å². The first-order chi connectivity index (χ1) is 6.29. The number of aromatic nitrogens is 3. The van der Waals surface area contributed by atoms with E-state index in [9.17, 15) is 0 Å². The number of hydrogen-bond acceptors (Lipinski definition) is 6. The highest BCUT2D eigenvalue weighted by Crippen LogP contribution is 2.02. The Balaban J connectivity index is 0.000000132. The van der Waals surface area contributed by atoms with Crippen LogP contribution in [0.25, 0.3) is 0 Å². The molecule has 0 aliphatic rings. The van der Waals surface area contributed by atoms with Crippen LogP contribution in [0.3, 0.4) is 0 Å². The van der Waals surface area contributed by atoms with Gasteiger partial charge in [-0.1, -0.05) is 0 Å². The monoisotopic (exact) mass is 195 g/mol. The number of hydrogen-bond donors (Lipinski definition) is 2. The molecule has 0 unspecified atom stereocenters. The molecule has 0 aromatic carbocycles. The van der Waals surface area contributed by atoms with Crippen LogP contribution >= 0.6 is 11.3 Å². The van der Waals surface area contributed by atoms with Crippen molar-refractivity contribution in [1.29, 1.82) is 0 Å². The summed E-state index contributed by atoms with van der Waals surface area (Å²) in [5.41, 5.74) is 10.4. The molecule has 13 heavy (non-hydrogen) atoms. The van der Waals surface area contributed by atoms with Crippen molar-refractivity contribution in [2.75, 3.05) is 11.5 Å². The lowest BCUT2D eigenvalue weighted by Crippen LogP contribution is -1.87. The molecule has 0 saturated heterocycles. The Morgan fingerprint density at radius 2 is 1.92 bits per heavy atom. The summed E-state index contributed by atoms with van der Waals surface area (Å²) in [5.74, 6) is 0.461. The lowest BCUT2D eigenvalue weighted by molar-refractivity contribution is 1.21. The summed E-state index contributed by atoms with van der Waals surface area (Å²) < 4.78 is 0. The highest BCUT2D eigenvalue weighted by Gasteiger charge is 1.76. The molecular weight excluding hydrogens is 186 g/mol. The van der Waals surface area contributed by atoms with Crippen molar-refractivity contribution in [3.8, 4) is 0 Å². The van der Waals surface area contributed by atoms with E-state index in [1.807, 2.05) is 5.38 Å². The molecule has 0 spiro atoms. The van der Waals surface area contributed by atoms with Gasteiger partial charge in [0, 0.05) is 24.0 Å². The van der Waals surface area contributed by atoms with Gasteiger partial charge >= 0.3 is 0 Å². The van der Waals surface area contributed by atoms with Gasteiger partial charge < -0.3 is 11.5 Å². The number of nitrogen functional groups attached to an aromatic ring is 2. The van der Waals surface area contributed by atoms with Gasteiger partial charge in [-0.05, 0) is 0 Å². The zero-order chi connectivity index (χ0) is 9.52. The molecule has 0 aliphatic heterocycles. The molecule has 0 radical (unpaired) electrons. The van der Waals surface area contributed by atoms with E-state index in [0.717, 1.165) is 0 Å². The first-order valence-electron chi connectivity index (χ1n) is 3.45. The highest BCUT2D eigenvalue weighted by molar-refractivity contribution is 7.13. The smallest absolute Gasteiger partial charge is 0.179 e. The van der Waals surface area contributed by atoms with Crippen LogP contribution in [-0.2, 0) is 0 Å². The maximum absolute atomic E-state index is 5.19. The number of rotatable bonds is 0. The van der Waals surface area contributed by atoms with Crippen LogP contribution in [0.4, 0.5) is 10.9 Å². The van der Waals surface area contributed by atoms with Gasteiger partial charge in [-0.25, -0.2) is 9.97 Å². The van der Waals surface area contributed by atoms with Crippen LogP contribution in [0.5, 0.6) is 0 Å². The van der Waals surface area contributed by atoms with Gasteiger partial charge in [0.2, 0.25) is 0 Å². The van der Waals surface area contributed by atoms with Crippen molar-refractivity contribution >= 4 is 22.3 Å². The summed E-state index contributed by atoms with van der Waals surface area (Å²) in [6.07, 6.45) is 6.31. The normalized spacial score (nSPS) is 8.62.